The molecular weight excluding hydrogens is 286 g/mol. The third-order valence-electron chi connectivity index (χ3n) is 3.92. The second-order valence-electron chi connectivity index (χ2n) is 5.48. The number of rotatable bonds is 5. The molecule has 0 bridgehead atoms. The van der Waals surface area contributed by atoms with Crippen molar-refractivity contribution >= 4 is 22.4 Å². The fourth-order valence-electron chi connectivity index (χ4n) is 2.72. The van der Waals surface area contributed by atoms with Crippen LogP contribution >= 0.6 is 11.6 Å². The van der Waals surface area contributed by atoms with E-state index in [1.165, 1.54) is 0 Å². The van der Waals surface area contributed by atoms with E-state index in [0.717, 1.165) is 41.0 Å². The summed E-state index contributed by atoms with van der Waals surface area (Å²) in [4.78, 5) is 0. The molecule has 1 fully saturated rings. The molecular formula is C17H20ClNO2. The zero-order valence-electron chi connectivity index (χ0n) is 12.1. The standard InChI is InChI=1S/C17H20ClNO2/c1-2-9-20-17-14(19)10-16(17)21-15-8-7-13(18)11-5-3-4-6-12(11)15/h3-8,14,16-17H,2,9-10,19H2,1H3. The summed E-state index contributed by atoms with van der Waals surface area (Å²) < 4.78 is 11.9. The molecule has 21 heavy (non-hydrogen) atoms. The van der Waals surface area contributed by atoms with Crippen LogP contribution in [0.3, 0.4) is 0 Å². The molecule has 3 rings (SSSR count). The Hall–Kier alpha value is -1.29. The summed E-state index contributed by atoms with van der Waals surface area (Å²) >= 11 is 6.23. The largest absolute Gasteiger partial charge is 0.487 e. The highest BCUT2D eigenvalue weighted by atomic mass is 35.5. The number of nitrogens with two attached hydrogens (primary N) is 1. The van der Waals surface area contributed by atoms with Gasteiger partial charge in [0, 0.05) is 34.9 Å². The number of hydrogen-bond acceptors (Lipinski definition) is 3. The van der Waals surface area contributed by atoms with E-state index in [9.17, 15) is 0 Å². The first-order valence-electron chi connectivity index (χ1n) is 7.41. The van der Waals surface area contributed by atoms with Crippen molar-refractivity contribution in [1.82, 2.24) is 0 Å². The molecule has 1 aliphatic rings. The third kappa shape index (κ3) is 2.86. The molecule has 0 radical (unpaired) electrons. The van der Waals surface area contributed by atoms with E-state index in [-0.39, 0.29) is 18.2 Å². The Labute approximate surface area is 130 Å². The lowest BCUT2D eigenvalue weighted by atomic mass is 9.86. The minimum absolute atomic E-state index is 0.0145. The molecule has 3 unspecified atom stereocenters. The van der Waals surface area contributed by atoms with Crippen LogP contribution in [0.4, 0.5) is 0 Å². The van der Waals surface area contributed by atoms with Gasteiger partial charge in [0.1, 0.15) is 18.0 Å². The summed E-state index contributed by atoms with van der Waals surface area (Å²) in [6.45, 7) is 2.81. The van der Waals surface area contributed by atoms with Crippen LogP contribution in [0, 0.1) is 0 Å². The monoisotopic (exact) mass is 305 g/mol. The molecule has 112 valence electrons. The van der Waals surface area contributed by atoms with E-state index in [1.54, 1.807) is 0 Å². The van der Waals surface area contributed by atoms with Gasteiger partial charge in [0.15, 0.2) is 0 Å². The van der Waals surface area contributed by atoms with Crippen molar-refractivity contribution in [2.24, 2.45) is 5.73 Å². The van der Waals surface area contributed by atoms with Gasteiger partial charge in [0.2, 0.25) is 0 Å². The first kappa shape index (κ1) is 14.6. The predicted molar refractivity (Wildman–Crippen MR) is 86.0 cm³/mol. The number of hydrogen-bond donors (Lipinski definition) is 1. The molecule has 3 atom stereocenters. The van der Waals surface area contributed by atoms with Gasteiger partial charge in [0.25, 0.3) is 0 Å². The molecule has 4 heteroatoms. The predicted octanol–water partition coefficient (Wildman–Crippen LogP) is 3.77. The Balaban J connectivity index is 1.81. The highest BCUT2D eigenvalue weighted by molar-refractivity contribution is 6.35. The molecule has 3 nitrogen and oxygen atoms in total. The fourth-order valence-corrected chi connectivity index (χ4v) is 2.94. The van der Waals surface area contributed by atoms with Crippen LogP contribution in [0.2, 0.25) is 5.02 Å². The number of benzene rings is 2. The molecule has 2 aromatic rings. The Morgan fingerprint density at radius 1 is 1.19 bits per heavy atom. The van der Waals surface area contributed by atoms with E-state index in [0.29, 0.717) is 0 Å². The van der Waals surface area contributed by atoms with E-state index in [4.69, 9.17) is 26.8 Å². The van der Waals surface area contributed by atoms with Crippen molar-refractivity contribution < 1.29 is 9.47 Å². The van der Waals surface area contributed by atoms with Crippen LogP contribution in [-0.2, 0) is 4.74 Å². The van der Waals surface area contributed by atoms with Gasteiger partial charge in [-0.05, 0) is 18.6 Å². The average molecular weight is 306 g/mol. The maximum absolute atomic E-state index is 6.23. The lowest BCUT2D eigenvalue weighted by molar-refractivity contribution is -0.0975. The summed E-state index contributed by atoms with van der Waals surface area (Å²) in [5.74, 6) is 0.844. The van der Waals surface area contributed by atoms with Crippen LogP contribution in [0.25, 0.3) is 10.8 Å². The topological polar surface area (TPSA) is 44.5 Å². The molecule has 1 aliphatic carbocycles. The van der Waals surface area contributed by atoms with Crippen molar-refractivity contribution in [1.29, 1.82) is 0 Å². The van der Waals surface area contributed by atoms with Crippen molar-refractivity contribution in [2.45, 2.75) is 38.0 Å². The molecule has 2 N–H and O–H groups in total. The summed E-state index contributed by atoms with van der Waals surface area (Å²) in [7, 11) is 0. The Morgan fingerprint density at radius 2 is 1.95 bits per heavy atom. The van der Waals surface area contributed by atoms with Gasteiger partial charge in [-0.15, -0.1) is 0 Å². The van der Waals surface area contributed by atoms with Crippen LogP contribution in [0.1, 0.15) is 19.8 Å². The molecule has 2 aromatic carbocycles. The van der Waals surface area contributed by atoms with Gasteiger partial charge in [0.05, 0.1) is 0 Å². The lowest BCUT2D eigenvalue weighted by Gasteiger charge is -2.42. The molecule has 0 saturated heterocycles. The van der Waals surface area contributed by atoms with Crippen molar-refractivity contribution in [3.8, 4) is 5.75 Å². The van der Waals surface area contributed by atoms with Crippen LogP contribution in [0.15, 0.2) is 36.4 Å². The smallest absolute Gasteiger partial charge is 0.128 e. The molecule has 0 amide bonds. The zero-order valence-corrected chi connectivity index (χ0v) is 12.8. The molecule has 1 saturated carbocycles. The van der Waals surface area contributed by atoms with E-state index < -0.39 is 0 Å². The SMILES string of the molecule is CCCOC1C(N)CC1Oc1ccc(Cl)c2ccccc12. The van der Waals surface area contributed by atoms with Crippen LogP contribution < -0.4 is 10.5 Å². The van der Waals surface area contributed by atoms with Crippen molar-refractivity contribution in [3.05, 3.63) is 41.4 Å². The second-order valence-corrected chi connectivity index (χ2v) is 5.89. The number of fused-ring (bicyclic) bond motifs is 1. The van der Waals surface area contributed by atoms with Crippen molar-refractivity contribution in [3.63, 3.8) is 0 Å². The maximum atomic E-state index is 6.23. The highest BCUT2D eigenvalue weighted by Gasteiger charge is 2.41. The Morgan fingerprint density at radius 3 is 2.67 bits per heavy atom. The van der Waals surface area contributed by atoms with E-state index in [1.807, 2.05) is 36.4 Å². The summed E-state index contributed by atoms with van der Waals surface area (Å²) in [5, 5.41) is 2.77. The zero-order chi connectivity index (χ0) is 14.8. The first-order valence-corrected chi connectivity index (χ1v) is 7.79. The molecule has 0 aromatic heterocycles. The third-order valence-corrected chi connectivity index (χ3v) is 4.25. The van der Waals surface area contributed by atoms with Gasteiger partial charge in [-0.1, -0.05) is 42.8 Å². The van der Waals surface area contributed by atoms with E-state index in [2.05, 4.69) is 6.92 Å². The normalized spacial score (nSPS) is 24.8. The van der Waals surface area contributed by atoms with Gasteiger partial charge >= 0.3 is 0 Å². The highest BCUT2D eigenvalue weighted by Crippen LogP contribution is 2.35. The summed E-state index contributed by atoms with van der Waals surface area (Å²) in [6, 6.07) is 11.9. The van der Waals surface area contributed by atoms with Crippen LogP contribution in [0.5, 0.6) is 5.75 Å². The van der Waals surface area contributed by atoms with Gasteiger partial charge in [-0.2, -0.15) is 0 Å². The van der Waals surface area contributed by atoms with Crippen molar-refractivity contribution in [2.75, 3.05) is 6.61 Å². The quantitative estimate of drug-likeness (QED) is 0.914. The minimum atomic E-state index is -0.0145. The Bertz CT molecular complexity index is 631. The second kappa shape index (κ2) is 6.22. The summed E-state index contributed by atoms with van der Waals surface area (Å²) in [6.07, 6.45) is 1.82. The first-order chi connectivity index (χ1) is 10.2. The van der Waals surface area contributed by atoms with Gasteiger partial charge in [-0.3, -0.25) is 0 Å². The average Bonchev–Trinajstić information content (AvgIpc) is 2.50. The molecule has 0 heterocycles. The van der Waals surface area contributed by atoms with E-state index >= 15 is 0 Å². The van der Waals surface area contributed by atoms with Gasteiger partial charge in [-0.25, -0.2) is 0 Å². The lowest BCUT2D eigenvalue weighted by Crippen LogP contribution is -2.59. The number of ether oxygens (including phenoxy) is 2. The molecule has 0 aliphatic heterocycles. The minimum Gasteiger partial charge on any atom is -0.487 e. The number of halogens is 1. The van der Waals surface area contributed by atoms with Gasteiger partial charge < -0.3 is 15.2 Å². The Kier molecular flexibility index (Phi) is 4.34. The summed E-state index contributed by atoms with van der Waals surface area (Å²) in [5.41, 5.74) is 6.02. The maximum Gasteiger partial charge on any atom is 0.128 e. The molecule has 0 spiro atoms. The van der Waals surface area contributed by atoms with Crippen LogP contribution in [-0.4, -0.2) is 24.9 Å². The fraction of sp³-hybridized carbons (Fsp3) is 0.412.